The Hall–Kier alpha value is -1.32. The summed E-state index contributed by atoms with van der Waals surface area (Å²) in [7, 11) is 1.37. The molecule has 0 radical (unpaired) electrons. The SMILES string of the molecule is COC(=O)C1=CCC(C(=O)OC(C)(C)C)C(C)C1. The monoisotopic (exact) mass is 254 g/mol. The van der Waals surface area contributed by atoms with Crippen LogP contribution in [-0.4, -0.2) is 24.6 Å². The van der Waals surface area contributed by atoms with Crippen molar-refractivity contribution in [3.05, 3.63) is 11.6 Å². The predicted octanol–water partition coefficient (Wildman–Crippen LogP) is 2.47. The molecule has 0 aromatic carbocycles. The number of esters is 2. The van der Waals surface area contributed by atoms with Crippen LogP contribution in [0.3, 0.4) is 0 Å². The zero-order valence-corrected chi connectivity index (χ0v) is 11.8. The Morgan fingerprint density at radius 1 is 1.33 bits per heavy atom. The summed E-state index contributed by atoms with van der Waals surface area (Å²) >= 11 is 0. The van der Waals surface area contributed by atoms with Crippen LogP contribution in [0.5, 0.6) is 0 Å². The predicted molar refractivity (Wildman–Crippen MR) is 67.8 cm³/mol. The van der Waals surface area contributed by atoms with Gasteiger partial charge in [0.2, 0.25) is 0 Å². The van der Waals surface area contributed by atoms with E-state index in [1.807, 2.05) is 27.7 Å². The molecule has 0 fully saturated rings. The van der Waals surface area contributed by atoms with Crippen LogP contribution < -0.4 is 0 Å². The normalized spacial score (nSPS) is 24.2. The molecule has 4 heteroatoms. The summed E-state index contributed by atoms with van der Waals surface area (Å²) < 4.78 is 10.1. The summed E-state index contributed by atoms with van der Waals surface area (Å²) in [5, 5.41) is 0. The Bertz CT molecular complexity index is 362. The van der Waals surface area contributed by atoms with E-state index in [1.165, 1.54) is 7.11 Å². The zero-order valence-electron chi connectivity index (χ0n) is 11.8. The fourth-order valence-electron chi connectivity index (χ4n) is 2.08. The van der Waals surface area contributed by atoms with Gasteiger partial charge in [-0.3, -0.25) is 4.79 Å². The van der Waals surface area contributed by atoms with E-state index in [-0.39, 0.29) is 23.8 Å². The first kappa shape index (κ1) is 14.7. The molecule has 0 aliphatic heterocycles. The third-order valence-corrected chi connectivity index (χ3v) is 3.00. The second-order valence-corrected chi connectivity index (χ2v) is 5.78. The van der Waals surface area contributed by atoms with Crippen molar-refractivity contribution in [1.29, 1.82) is 0 Å². The Morgan fingerprint density at radius 2 is 1.94 bits per heavy atom. The quantitative estimate of drug-likeness (QED) is 0.710. The smallest absolute Gasteiger partial charge is 0.333 e. The van der Waals surface area contributed by atoms with Crippen molar-refractivity contribution < 1.29 is 19.1 Å². The molecule has 2 unspecified atom stereocenters. The Morgan fingerprint density at radius 3 is 2.39 bits per heavy atom. The van der Waals surface area contributed by atoms with Gasteiger partial charge in [-0.15, -0.1) is 0 Å². The lowest BCUT2D eigenvalue weighted by atomic mass is 9.80. The molecule has 102 valence electrons. The maximum absolute atomic E-state index is 12.0. The molecule has 1 aliphatic carbocycles. The van der Waals surface area contributed by atoms with Crippen molar-refractivity contribution in [3.8, 4) is 0 Å². The highest BCUT2D eigenvalue weighted by atomic mass is 16.6. The van der Waals surface area contributed by atoms with Gasteiger partial charge in [0, 0.05) is 5.57 Å². The number of methoxy groups -OCH3 is 1. The fourth-order valence-corrected chi connectivity index (χ4v) is 2.08. The molecule has 0 amide bonds. The fraction of sp³-hybridized carbons (Fsp3) is 0.714. The number of allylic oxidation sites excluding steroid dienone is 1. The van der Waals surface area contributed by atoms with Crippen molar-refractivity contribution in [2.45, 2.75) is 46.1 Å². The van der Waals surface area contributed by atoms with Crippen LogP contribution in [-0.2, 0) is 19.1 Å². The molecule has 18 heavy (non-hydrogen) atoms. The van der Waals surface area contributed by atoms with Crippen LogP contribution >= 0.6 is 0 Å². The topological polar surface area (TPSA) is 52.6 Å². The van der Waals surface area contributed by atoms with Crippen molar-refractivity contribution in [2.24, 2.45) is 11.8 Å². The molecular weight excluding hydrogens is 232 g/mol. The zero-order chi connectivity index (χ0) is 13.9. The summed E-state index contributed by atoms with van der Waals surface area (Å²) in [6.07, 6.45) is 2.90. The van der Waals surface area contributed by atoms with Crippen LogP contribution in [0.25, 0.3) is 0 Å². The second-order valence-electron chi connectivity index (χ2n) is 5.78. The second kappa shape index (κ2) is 5.55. The van der Waals surface area contributed by atoms with Gasteiger partial charge >= 0.3 is 11.9 Å². The van der Waals surface area contributed by atoms with Crippen LogP contribution in [0.1, 0.15) is 40.5 Å². The molecule has 0 bridgehead atoms. The van der Waals surface area contributed by atoms with Gasteiger partial charge in [0.05, 0.1) is 13.0 Å². The maximum atomic E-state index is 12.0. The molecule has 0 saturated heterocycles. The third-order valence-electron chi connectivity index (χ3n) is 3.00. The average molecular weight is 254 g/mol. The van der Waals surface area contributed by atoms with Gasteiger partial charge in [-0.2, -0.15) is 0 Å². The molecule has 4 nitrogen and oxygen atoms in total. The Labute approximate surface area is 108 Å². The highest BCUT2D eigenvalue weighted by Crippen LogP contribution is 2.31. The van der Waals surface area contributed by atoms with Crippen LogP contribution in [0.15, 0.2) is 11.6 Å². The molecule has 1 aliphatic rings. The van der Waals surface area contributed by atoms with Crippen molar-refractivity contribution in [2.75, 3.05) is 7.11 Å². The first-order valence-electron chi connectivity index (χ1n) is 6.25. The first-order valence-corrected chi connectivity index (χ1v) is 6.25. The number of hydrogen-bond acceptors (Lipinski definition) is 4. The molecule has 0 heterocycles. The summed E-state index contributed by atoms with van der Waals surface area (Å²) in [4.78, 5) is 23.4. The third kappa shape index (κ3) is 3.86. The van der Waals surface area contributed by atoms with Gasteiger partial charge in [0.25, 0.3) is 0 Å². The number of carbonyl (C=O) groups is 2. The average Bonchev–Trinajstić information content (AvgIpc) is 2.25. The minimum Gasteiger partial charge on any atom is -0.466 e. The van der Waals surface area contributed by atoms with Crippen LogP contribution in [0.4, 0.5) is 0 Å². The molecule has 0 aromatic rings. The standard InChI is InChI=1S/C14H22O4/c1-9-8-10(12(15)17-5)6-7-11(9)13(16)18-14(2,3)4/h6,9,11H,7-8H2,1-5H3. The molecule has 1 rings (SSSR count). The lowest BCUT2D eigenvalue weighted by molar-refractivity contribution is -0.162. The van der Waals surface area contributed by atoms with Gasteiger partial charge in [0.15, 0.2) is 0 Å². The maximum Gasteiger partial charge on any atom is 0.333 e. The van der Waals surface area contributed by atoms with Gasteiger partial charge in [-0.05, 0) is 39.5 Å². The van der Waals surface area contributed by atoms with Gasteiger partial charge in [-0.1, -0.05) is 13.0 Å². The molecule has 2 atom stereocenters. The highest BCUT2D eigenvalue weighted by molar-refractivity contribution is 5.89. The summed E-state index contributed by atoms with van der Waals surface area (Å²) in [6.45, 7) is 7.53. The Balaban J connectivity index is 2.69. The first-order chi connectivity index (χ1) is 8.24. The molecule has 0 aromatic heterocycles. The number of hydrogen-bond donors (Lipinski definition) is 0. The number of carbonyl (C=O) groups excluding carboxylic acids is 2. The van der Waals surface area contributed by atoms with Gasteiger partial charge in [0.1, 0.15) is 5.60 Å². The van der Waals surface area contributed by atoms with E-state index in [0.29, 0.717) is 18.4 Å². The van der Waals surface area contributed by atoms with E-state index in [4.69, 9.17) is 9.47 Å². The van der Waals surface area contributed by atoms with E-state index < -0.39 is 5.60 Å². The van der Waals surface area contributed by atoms with E-state index in [9.17, 15) is 9.59 Å². The minimum absolute atomic E-state index is 0.0962. The molecule has 0 N–H and O–H groups in total. The summed E-state index contributed by atoms with van der Waals surface area (Å²) in [5.74, 6) is -0.559. The van der Waals surface area contributed by atoms with Crippen molar-refractivity contribution in [1.82, 2.24) is 0 Å². The minimum atomic E-state index is -0.469. The molecular formula is C14H22O4. The summed E-state index contributed by atoms with van der Waals surface area (Å²) in [6, 6.07) is 0. The van der Waals surface area contributed by atoms with Crippen molar-refractivity contribution in [3.63, 3.8) is 0 Å². The lowest BCUT2D eigenvalue weighted by Crippen LogP contribution is -2.33. The van der Waals surface area contributed by atoms with Crippen molar-refractivity contribution >= 4 is 11.9 Å². The van der Waals surface area contributed by atoms with Gasteiger partial charge < -0.3 is 9.47 Å². The highest BCUT2D eigenvalue weighted by Gasteiger charge is 2.33. The number of rotatable bonds is 2. The largest absolute Gasteiger partial charge is 0.466 e. The van der Waals surface area contributed by atoms with Crippen LogP contribution in [0.2, 0.25) is 0 Å². The van der Waals surface area contributed by atoms with E-state index in [0.717, 1.165) is 0 Å². The van der Waals surface area contributed by atoms with E-state index in [2.05, 4.69) is 0 Å². The number of ether oxygens (including phenoxy) is 2. The summed E-state index contributed by atoms with van der Waals surface area (Å²) in [5.41, 5.74) is 0.188. The van der Waals surface area contributed by atoms with E-state index >= 15 is 0 Å². The molecule has 0 spiro atoms. The Kier molecular flexibility index (Phi) is 4.54. The molecule has 0 saturated carbocycles. The van der Waals surface area contributed by atoms with Gasteiger partial charge in [-0.25, -0.2) is 4.79 Å². The van der Waals surface area contributed by atoms with E-state index in [1.54, 1.807) is 6.08 Å². The van der Waals surface area contributed by atoms with Crippen LogP contribution in [0, 0.1) is 11.8 Å². The lowest BCUT2D eigenvalue weighted by Gasteiger charge is -2.29.